The van der Waals surface area contributed by atoms with Crippen molar-refractivity contribution in [1.82, 2.24) is 10.2 Å². The van der Waals surface area contributed by atoms with Crippen molar-refractivity contribution in [3.8, 4) is 0 Å². The molecule has 1 saturated carbocycles. The summed E-state index contributed by atoms with van der Waals surface area (Å²) >= 11 is 0. The molecular formula is C13H25N3O3S. The van der Waals surface area contributed by atoms with E-state index in [-0.39, 0.29) is 29.5 Å². The molecule has 3 atom stereocenters. The lowest BCUT2D eigenvalue weighted by Crippen LogP contribution is -2.62. The predicted molar refractivity (Wildman–Crippen MR) is 78.1 cm³/mol. The Morgan fingerprint density at radius 3 is 2.70 bits per heavy atom. The molecule has 116 valence electrons. The van der Waals surface area contributed by atoms with E-state index in [4.69, 9.17) is 5.73 Å². The van der Waals surface area contributed by atoms with Gasteiger partial charge in [0.15, 0.2) is 9.84 Å². The number of carbonyl (C=O) groups excluding carboxylic acids is 1. The quantitative estimate of drug-likeness (QED) is 0.733. The van der Waals surface area contributed by atoms with Crippen molar-refractivity contribution in [1.29, 1.82) is 0 Å². The summed E-state index contributed by atoms with van der Waals surface area (Å²) in [5.41, 5.74) is 4.93. The maximum atomic E-state index is 11.8. The minimum Gasteiger partial charge on any atom is -0.368 e. The maximum absolute atomic E-state index is 11.8. The fourth-order valence-corrected chi connectivity index (χ4v) is 5.24. The molecule has 0 bridgehead atoms. The molecule has 6 nitrogen and oxygen atoms in total. The van der Waals surface area contributed by atoms with Gasteiger partial charge in [-0.1, -0.05) is 0 Å². The average Bonchev–Trinajstić information content (AvgIpc) is 2.37. The summed E-state index contributed by atoms with van der Waals surface area (Å²) in [5.74, 6) is 0.130. The highest BCUT2D eigenvalue weighted by Crippen LogP contribution is 2.33. The van der Waals surface area contributed by atoms with E-state index in [2.05, 4.69) is 10.2 Å². The summed E-state index contributed by atoms with van der Waals surface area (Å²) < 4.78 is 23.3. The molecule has 3 N–H and O–H groups in total. The molecule has 0 spiro atoms. The van der Waals surface area contributed by atoms with Crippen molar-refractivity contribution in [3.05, 3.63) is 0 Å². The van der Waals surface area contributed by atoms with Gasteiger partial charge in [-0.25, -0.2) is 8.42 Å². The Balaban J connectivity index is 2.11. The standard InChI is InChI=1S/C13H25N3O3S/c1-10-9-20(18,19)7-6-16(10)11-4-3-5-13(8-11,15-2)12(14)17/h10-11,15H,3-9H2,1-2H3,(H2,14,17). The van der Waals surface area contributed by atoms with Crippen molar-refractivity contribution >= 4 is 15.7 Å². The molecule has 0 aromatic carbocycles. The molecule has 0 aromatic rings. The number of hydrogen-bond acceptors (Lipinski definition) is 5. The summed E-state index contributed by atoms with van der Waals surface area (Å²) in [6.45, 7) is 2.52. The summed E-state index contributed by atoms with van der Waals surface area (Å²) in [6, 6.07) is 0.244. The van der Waals surface area contributed by atoms with Crippen LogP contribution >= 0.6 is 0 Å². The van der Waals surface area contributed by atoms with Crippen LogP contribution in [0.25, 0.3) is 0 Å². The largest absolute Gasteiger partial charge is 0.368 e. The van der Waals surface area contributed by atoms with Crippen LogP contribution in [0.3, 0.4) is 0 Å². The van der Waals surface area contributed by atoms with E-state index in [1.165, 1.54) is 0 Å². The first-order valence-electron chi connectivity index (χ1n) is 7.25. The molecular weight excluding hydrogens is 278 g/mol. The number of nitrogens with zero attached hydrogens (tertiary/aromatic N) is 1. The van der Waals surface area contributed by atoms with Gasteiger partial charge in [0.1, 0.15) is 0 Å². The highest BCUT2D eigenvalue weighted by molar-refractivity contribution is 7.91. The molecule has 2 aliphatic rings. The number of rotatable bonds is 3. The second-order valence-electron chi connectivity index (χ2n) is 6.15. The van der Waals surface area contributed by atoms with Gasteiger partial charge in [0, 0.05) is 18.6 Å². The number of nitrogens with one attached hydrogen (secondary N) is 1. The average molecular weight is 303 g/mol. The van der Waals surface area contributed by atoms with Crippen molar-refractivity contribution in [3.63, 3.8) is 0 Å². The Hall–Kier alpha value is -0.660. The molecule has 2 fully saturated rings. The Morgan fingerprint density at radius 2 is 2.15 bits per heavy atom. The third-order valence-electron chi connectivity index (χ3n) is 4.87. The second-order valence-corrected chi connectivity index (χ2v) is 8.38. The lowest BCUT2D eigenvalue weighted by molar-refractivity contribution is -0.126. The minimum atomic E-state index is -2.90. The number of sulfone groups is 1. The third-order valence-corrected chi connectivity index (χ3v) is 6.66. The fourth-order valence-electron chi connectivity index (χ4n) is 3.66. The maximum Gasteiger partial charge on any atom is 0.237 e. The van der Waals surface area contributed by atoms with E-state index in [0.717, 1.165) is 19.3 Å². The van der Waals surface area contributed by atoms with Crippen LogP contribution in [-0.2, 0) is 14.6 Å². The van der Waals surface area contributed by atoms with Gasteiger partial charge >= 0.3 is 0 Å². The summed E-state index contributed by atoms with van der Waals surface area (Å²) in [6.07, 6.45) is 3.37. The molecule has 3 unspecified atom stereocenters. The number of amides is 1. The monoisotopic (exact) mass is 303 g/mol. The second kappa shape index (κ2) is 5.61. The third kappa shape index (κ3) is 2.99. The molecule has 7 heteroatoms. The Kier molecular flexibility index (Phi) is 4.41. The minimum absolute atomic E-state index is 0.0132. The van der Waals surface area contributed by atoms with Crippen LogP contribution in [0, 0.1) is 0 Å². The Labute approximate surface area is 121 Å². The molecule has 0 aromatic heterocycles. The van der Waals surface area contributed by atoms with Crippen LogP contribution in [0.5, 0.6) is 0 Å². The van der Waals surface area contributed by atoms with E-state index in [0.29, 0.717) is 13.0 Å². The molecule has 1 aliphatic carbocycles. The summed E-state index contributed by atoms with van der Waals surface area (Å²) in [4.78, 5) is 14.0. The topological polar surface area (TPSA) is 92.5 Å². The van der Waals surface area contributed by atoms with Crippen LogP contribution < -0.4 is 11.1 Å². The first-order valence-corrected chi connectivity index (χ1v) is 9.07. The van der Waals surface area contributed by atoms with Crippen LogP contribution in [0.1, 0.15) is 32.6 Å². The number of primary amides is 1. The van der Waals surface area contributed by atoms with Crippen molar-refractivity contribution < 1.29 is 13.2 Å². The van der Waals surface area contributed by atoms with Crippen LogP contribution in [0.2, 0.25) is 0 Å². The molecule has 1 saturated heterocycles. The highest BCUT2D eigenvalue weighted by Gasteiger charge is 2.43. The van der Waals surface area contributed by atoms with E-state index in [1.807, 2.05) is 6.92 Å². The highest BCUT2D eigenvalue weighted by atomic mass is 32.2. The van der Waals surface area contributed by atoms with Crippen molar-refractivity contribution in [2.75, 3.05) is 25.1 Å². The molecule has 0 radical (unpaired) electrons. The van der Waals surface area contributed by atoms with Gasteiger partial charge in [-0.15, -0.1) is 0 Å². The number of hydrogen-bond donors (Lipinski definition) is 2. The van der Waals surface area contributed by atoms with E-state index < -0.39 is 15.4 Å². The molecule has 1 heterocycles. The predicted octanol–water partition coefficient (Wildman–Crippen LogP) is -0.509. The number of nitrogens with two attached hydrogens (primary N) is 1. The first kappa shape index (κ1) is 15.7. The SMILES string of the molecule is CNC1(C(N)=O)CCCC(N2CCS(=O)(=O)CC2C)C1. The zero-order chi connectivity index (χ0) is 15.0. The van der Waals surface area contributed by atoms with E-state index in [1.54, 1.807) is 7.05 Å². The fraction of sp³-hybridized carbons (Fsp3) is 0.923. The zero-order valence-corrected chi connectivity index (χ0v) is 13.1. The van der Waals surface area contributed by atoms with Gasteiger partial charge in [0.2, 0.25) is 5.91 Å². The summed E-state index contributed by atoms with van der Waals surface area (Å²) in [5, 5.41) is 3.10. The Bertz CT molecular complexity index is 479. The van der Waals surface area contributed by atoms with Gasteiger partial charge in [0.05, 0.1) is 17.0 Å². The van der Waals surface area contributed by atoms with E-state index >= 15 is 0 Å². The lowest BCUT2D eigenvalue weighted by Gasteiger charge is -2.46. The number of carbonyl (C=O) groups is 1. The summed E-state index contributed by atoms with van der Waals surface area (Å²) in [7, 11) is -1.13. The number of likely N-dealkylation sites (N-methyl/N-ethyl adjacent to an activating group) is 1. The van der Waals surface area contributed by atoms with Gasteiger partial charge in [-0.05, 0) is 39.7 Å². The lowest BCUT2D eigenvalue weighted by atomic mass is 9.77. The van der Waals surface area contributed by atoms with Crippen LogP contribution in [0.4, 0.5) is 0 Å². The van der Waals surface area contributed by atoms with Gasteiger partial charge in [0.25, 0.3) is 0 Å². The smallest absolute Gasteiger partial charge is 0.237 e. The van der Waals surface area contributed by atoms with Gasteiger partial charge in [-0.3, -0.25) is 9.69 Å². The van der Waals surface area contributed by atoms with Crippen molar-refractivity contribution in [2.24, 2.45) is 5.73 Å². The normalized spacial score (nSPS) is 38.5. The molecule has 2 rings (SSSR count). The first-order chi connectivity index (χ1) is 9.30. The Morgan fingerprint density at radius 1 is 1.45 bits per heavy atom. The zero-order valence-electron chi connectivity index (χ0n) is 12.3. The van der Waals surface area contributed by atoms with Crippen molar-refractivity contribution in [2.45, 2.75) is 50.2 Å². The van der Waals surface area contributed by atoms with Gasteiger partial charge < -0.3 is 11.1 Å². The van der Waals surface area contributed by atoms with Gasteiger partial charge in [-0.2, -0.15) is 0 Å². The molecule has 1 amide bonds. The molecule has 1 aliphatic heterocycles. The van der Waals surface area contributed by atoms with Crippen LogP contribution in [0.15, 0.2) is 0 Å². The molecule has 20 heavy (non-hydrogen) atoms. The van der Waals surface area contributed by atoms with E-state index in [9.17, 15) is 13.2 Å². The van der Waals surface area contributed by atoms with Crippen LogP contribution in [-0.4, -0.2) is 61.9 Å².